The van der Waals surface area contributed by atoms with Crippen molar-refractivity contribution in [2.45, 2.75) is 4.90 Å². The van der Waals surface area contributed by atoms with Crippen molar-refractivity contribution in [2.75, 3.05) is 0 Å². The van der Waals surface area contributed by atoms with E-state index in [1.807, 2.05) is 6.07 Å². The summed E-state index contributed by atoms with van der Waals surface area (Å²) in [6.07, 6.45) is 0. The van der Waals surface area contributed by atoms with Gasteiger partial charge in [-0.15, -0.1) is 0 Å². The highest BCUT2D eigenvalue weighted by molar-refractivity contribution is 7.72. The first-order valence-corrected chi connectivity index (χ1v) is 7.25. The molecule has 0 N–H and O–H groups in total. The lowest BCUT2D eigenvalue weighted by atomic mass is 10.2. The Balaban J connectivity index is 2.45. The number of benzene rings is 2. The molecule has 2 rings (SSSR count). The largest absolute Gasteiger partial charge is 0.456 e. The van der Waals surface area contributed by atoms with Crippen LogP contribution in [0.25, 0.3) is 0 Å². The van der Waals surface area contributed by atoms with Crippen LogP contribution >= 0.6 is 23.2 Å². The van der Waals surface area contributed by atoms with Gasteiger partial charge in [0.2, 0.25) is 0 Å². The molecule has 0 fully saturated rings. The molecule has 0 spiro atoms. The van der Waals surface area contributed by atoms with Crippen LogP contribution in [0.2, 0.25) is 10.0 Å². The smallest absolute Gasteiger partial charge is 0.172 e. The number of hydrogen-bond donors (Lipinski definition) is 1. The molecule has 0 saturated carbocycles. The van der Waals surface area contributed by atoms with E-state index in [9.17, 15) is 8.42 Å². The zero-order valence-electron chi connectivity index (χ0n) is 9.84. The van der Waals surface area contributed by atoms with Crippen molar-refractivity contribution in [3.05, 3.63) is 52.0 Å². The van der Waals surface area contributed by atoms with Crippen LogP contribution in [0.4, 0.5) is 0 Å². The molecule has 2 aromatic rings. The molecule has 0 heterocycles. The molecule has 0 aliphatic carbocycles. The molecular formula is C13H7Cl2NO3S. The van der Waals surface area contributed by atoms with E-state index in [-0.39, 0.29) is 16.2 Å². The third kappa shape index (κ3) is 3.42. The molecule has 0 radical (unpaired) electrons. The van der Waals surface area contributed by atoms with E-state index in [1.54, 1.807) is 0 Å². The molecule has 2 aromatic carbocycles. The molecule has 4 nitrogen and oxygen atoms in total. The second-order valence-corrected chi connectivity index (χ2v) is 5.63. The molecule has 102 valence electrons. The third-order valence-electron chi connectivity index (χ3n) is 2.35. The van der Waals surface area contributed by atoms with Crippen LogP contribution in [0.3, 0.4) is 0 Å². The Hall–Kier alpha value is -1.74. The maximum Gasteiger partial charge on any atom is 0.172 e. The van der Waals surface area contributed by atoms with E-state index in [0.717, 1.165) is 0 Å². The third-order valence-corrected chi connectivity index (χ3v) is 3.53. The van der Waals surface area contributed by atoms with Crippen molar-refractivity contribution in [1.82, 2.24) is 0 Å². The van der Waals surface area contributed by atoms with Gasteiger partial charge in [0, 0.05) is 10.0 Å². The van der Waals surface area contributed by atoms with E-state index >= 15 is 0 Å². The van der Waals surface area contributed by atoms with Crippen LogP contribution < -0.4 is 4.74 Å². The van der Waals surface area contributed by atoms with Crippen molar-refractivity contribution in [3.63, 3.8) is 0 Å². The van der Waals surface area contributed by atoms with E-state index in [2.05, 4.69) is 0 Å². The topological polar surface area (TPSA) is 67.2 Å². The van der Waals surface area contributed by atoms with Gasteiger partial charge >= 0.3 is 0 Å². The van der Waals surface area contributed by atoms with Crippen LogP contribution in [-0.4, -0.2) is 8.42 Å². The van der Waals surface area contributed by atoms with Gasteiger partial charge in [0.05, 0.1) is 11.6 Å². The number of nitrogens with zero attached hydrogens (tertiary/aromatic N) is 1. The highest BCUT2D eigenvalue weighted by Crippen LogP contribution is 2.31. The van der Waals surface area contributed by atoms with Gasteiger partial charge in [0.1, 0.15) is 16.4 Å². The lowest BCUT2D eigenvalue weighted by Crippen LogP contribution is -1.92. The molecule has 0 aromatic heterocycles. The Kier molecular flexibility index (Phi) is 4.50. The lowest BCUT2D eigenvalue weighted by molar-refractivity contribution is 0.468. The average molecular weight is 328 g/mol. The summed E-state index contributed by atoms with van der Waals surface area (Å²) in [6.45, 7) is 0. The maximum atomic E-state index is 11.2. The molecule has 0 aliphatic heterocycles. The summed E-state index contributed by atoms with van der Waals surface area (Å²) in [5, 5.41) is 9.51. The van der Waals surface area contributed by atoms with Gasteiger partial charge in [-0.25, -0.2) is 8.42 Å². The van der Waals surface area contributed by atoms with Gasteiger partial charge in [0.25, 0.3) is 0 Å². The number of hydrogen-bond acceptors (Lipinski definition) is 4. The van der Waals surface area contributed by atoms with E-state index < -0.39 is 10.7 Å². The van der Waals surface area contributed by atoms with Crippen LogP contribution in [0.5, 0.6) is 11.5 Å². The lowest BCUT2D eigenvalue weighted by Gasteiger charge is -2.09. The quantitative estimate of drug-likeness (QED) is 0.874. The van der Waals surface area contributed by atoms with Crippen molar-refractivity contribution in [2.24, 2.45) is 0 Å². The molecule has 0 atom stereocenters. The fourth-order valence-corrected chi connectivity index (χ4v) is 2.58. The van der Waals surface area contributed by atoms with Crippen LogP contribution in [0.1, 0.15) is 5.56 Å². The normalized spacial score (nSPS) is 10.3. The molecular weight excluding hydrogens is 321 g/mol. The van der Waals surface area contributed by atoms with Crippen molar-refractivity contribution in [3.8, 4) is 17.6 Å². The predicted molar refractivity (Wildman–Crippen MR) is 76.3 cm³/mol. The molecule has 7 heteroatoms. The minimum atomic E-state index is -2.89. The van der Waals surface area contributed by atoms with Gasteiger partial charge in [-0.2, -0.15) is 5.26 Å². The van der Waals surface area contributed by atoms with Gasteiger partial charge in [-0.1, -0.05) is 23.2 Å². The number of thiol groups is 1. The predicted octanol–water partition coefficient (Wildman–Crippen LogP) is 3.63. The molecule has 0 bridgehead atoms. The Morgan fingerprint density at radius 2 is 1.70 bits per heavy atom. The fraction of sp³-hybridized carbons (Fsp3) is 0. The standard InChI is InChI=1S/C13H7Cl2NO3S/c14-9-4-10(15)6-11(5-9)19-12-2-1-8(7-16)3-13(12)20(17)18/h1-6,20H. The Bertz CT molecular complexity index is 753. The Morgan fingerprint density at radius 1 is 1.05 bits per heavy atom. The molecule has 20 heavy (non-hydrogen) atoms. The highest BCUT2D eigenvalue weighted by Gasteiger charge is 2.10. The Morgan fingerprint density at radius 3 is 2.25 bits per heavy atom. The summed E-state index contributed by atoms with van der Waals surface area (Å²) < 4.78 is 27.9. The first-order valence-electron chi connectivity index (χ1n) is 5.32. The zero-order valence-corrected chi connectivity index (χ0v) is 12.2. The van der Waals surface area contributed by atoms with Gasteiger partial charge in [0.15, 0.2) is 10.7 Å². The van der Waals surface area contributed by atoms with Gasteiger partial charge in [-0.3, -0.25) is 0 Å². The molecule has 0 saturated heterocycles. The van der Waals surface area contributed by atoms with Gasteiger partial charge < -0.3 is 4.74 Å². The Labute approximate surface area is 127 Å². The van der Waals surface area contributed by atoms with Crippen molar-refractivity contribution < 1.29 is 13.2 Å². The molecule has 0 amide bonds. The van der Waals surface area contributed by atoms with Gasteiger partial charge in [-0.05, 0) is 36.4 Å². The number of rotatable bonds is 3. The van der Waals surface area contributed by atoms with E-state index in [4.69, 9.17) is 33.2 Å². The summed E-state index contributed by atoms with van der Waals surface area (Å²) >= 11 is 11.7. The molecule has 0 unspecified atom stereocenters. The van der Waals surface area contributed by atoms with E-state index in [0.29, 0.717) is 15.8 Å². The first kappa shape index (κ1) is 14.7. The van der Waals surface area contributed by atoms with Crippen LogP contribution in [0, 0.1) is 11.3 Å². The SMILES string of the molecule is N#Cc1ccc(Oc2cc(Cl)cc(Cl)c2)c([SH](=O)=O)c1. The average Bonchev–Trinajstić information content (AvgIpc) is 2.37. The minimum Gasteiger partial charge on any atom is -0.456 e. The summed E-state index contributed by atoms with van der Waals surface area (Å²) in [5.74, 6) is 0.420. The monoisotopic (exact) mass is 327 g/mol. The number of nitriles is 1. The van der Waals surface area contributed by atoms with E-state index in [1.165, 1.54) is 36.4 Å². The van der Waals surface area contributed by atoms with Crippen LogP contribution in [-0.2, 0) is 10.7 Å². The highest BCUT2D eigenvalue weighted by atomic mass is 35.5. The summed E-state index contributed by atoms with van der Waals surface area (Å²) in [4.78, 5) is -0.0739. The van der Waals surface area contributed by atoms with Crippen LogP contribution in [0.15, 0.2) is 41.3 Å². The first-order chi connectivity index (χ1) is 9.49. The second-order valence-electron chi connectivity index (χ2n) is 3.76. The minimum absolute atomic E-state index is 0.0739. The maximum absolute atomic E-state index is 11.2. The zero-order chi connectivity index (χ0) is 14.7. The fourth-order valence-electron chi connectivity index (χ4n) is 1.53. The number of halogens is 2. The summed E-state index contributed by atoms with van der Waals surface area (Å²) in [5.41, 5.74) is 0.232. The second kappa shape index (κ2) is 6.14. The molecule has 0 aliphatic rings. The summed E-state index contributed by atoms with van der Waals surface area (Å²) in [7, 11) is -2.89. The number of ether oxygens (including phenoxy) is 1. The van der Waals surface area contributed by atoms with Crippen molar-refractivity contribution >= 4 is 33.9 Å². The van der Waals surface area contributed by atoms with Crippen molar-refractivity contribution in [1.29, 1.82) is 5.26 Å². The summed E-state index contributed by atoms with van der Waals surface area (Å²) in [6, 6.07) is 10.5.